The zero-order valence-electron chi connectivity index (χ0n) is 12.9. The van der Waals surface area contributed by atoms with E-state index in [1.165, 1.54) is 6.20 Å². The number of hydrogen-bond acceptors (Lipinski definition) is 4. The van der Waals surface area contributed by atoms with Crippen LogP contribution in [0, 0.1) is 18.3 Å². The lowest BCUT2D eigenvalue weighted by Gasteiger charge is -2.32. The van der Waals surface area contributed by atoms with Crippen molar-refractivity contribution in [2.75, 3.05) is 18.4 Å². The Hall–Kier alpha value is -2.88. The Kier molecular flexibility index (Phi) is 4.24. The predicted octanol–water partition coefficient (Wildman–Crippen LogP) is 2.33. The molecule has 0 aliphatic carbocycles. The molecule has 2 aromatic rings. The summed E-state index contributed by atoms with van der Waals surface area (Å²) in [5.41, 5.74) is 1.62. The molecular weight excluding hydrogens is 292 g/mol. The molecule has 1 saturated heterocycles. The third-order valence-corrected chi connectivity index (χ3v) is 3.98. The molecule has 7 nitrogen and oxygen atoms in total. The molecule has 1 aliphatic rings. The Balaban J connectivity index is 1.54. The number of carbonyl (C=O) groups is 1. The number of amides is 2. The zero-order valence-corrected chi connectivity index (χ0v) is 12.9. The number of urea groups is 1. The van der Waals surface area contributed by atoms with E-state index in [2.05, 4.69) is 15.4 Å². The van der Waals surface area contributed by atoms with Crippen molar-refractivity contribution in [2.24, 2.45) is 0 Å². The van der Waals surface area contributed by atoms with Crippen LogP contribution in [0.3, 0.4) is 0 Å². The van der Waals surface area contributed by atoms with Gasteiger partial charge in [-0.2, -0.15) is 10.4 Å². The van der Waals surface area contributed by atoms with Gasteiger partial charge in [0.2, 0.25) is 0 Å². The van der Waals surface area contributed by atoms with Crippen LogP contribution in [0.4, 0.5) is 10.6 Å². The molecule has 1 fully saturated rings. The number of nitrogens with one attached hydrogen (secondary N) is 1. The van der Waals surface area contributed by atoms with Gasteiger partial charge in [0.25, 0.3) is 0 Å². The van der Waals surface area contributed by atoms with Gasteiger partial charge in [-0.3, -0.25) is 10.00 Å². The zero-order chi connectivity index (χ0) is 16.2. The highest BCUT2D eigenvalue weighted by Gasteiger charge is 2.24. The molecule has 2 aromatic heterocycles. The van der Waals surface area contributed by atoms with Crippen molar-refractivity contribution in [3.63, 3.8) is 0 Å². The number of aryl methyl sites for hydroxylation is 1. The number of hydrogen-bond donors (Lipinski definition) is 1. The number of pyridine rings is 1. The van der Waals surface area contributed by atoms with Gasteiger partial charge < -0.3 is 4.90 Å². The van der Waals surface area contributed by atoms with E-state index >= 15 is 0 Å². The third kappa shape index (κ3) is 3.48. The van der Waals surface area contributed by atoms with E-state index in [1.54, 1.807) is 17.0 Å². The van der Waals surface area contributed by atoms with Crippen molar-refractivity contribution in [3.8, 4) is 6.07 Å². The van der Waals surface area contributed by atoms with E-state index in [-0.39, 0.29) is 6.03 Å². The number of rotatable bonds is 2. The Labute approximate surface area is 134 Å². The monoisotopic (exact) mass is 310 g/mol. The first-order chi connectivity index (χ1) is 11.2. The van der Waals surface area contributed by atoms with Crippen molar-refractivity contribution < 1.29 is 4.79 Å². The second kappa shape index (κ2) is 6.48. The maximum absolute atomic E-state index is 12.3. The van der Waals surface area contributed by atoms with E-state index < -0.39 is 0 Å². The van der Waals surface area contributed by atoms with Crippen molar-refractivity contribution in [3.05, 3.63) is 41.9 Å². The fourth-order valence-electron chi connectivity index (χ4n) is 2.69. The second-order valence-corrected chi connectivity index (χ2v) is 5.69. The fourth-order valence-corrected chi connectivity index (χ4v) is 2.69. The standard InChI is InChI=1S/C16H18N6O/c1-12-9-19-22(11-12)14-4-6-21(7-5-14)16(23)20-15-3-2-13(8-17)10-18-15/h2-3,9-11,14H,4-7H2,1H3,(H,18,20,23). The van der Waals surface area contributed by atoms with Crippen LogP contribution >= 0.6 is 0 Å². The van der Waals surface area contributed by atoms with Gasteiger partial charge in [-0.15, -0.1) is 0 Å². The average Bonchev–Trinajstić information content (AvgIpc) is 3.02. The lowest BCUT2D eigenvalue weighted by Crippen LogP contribution is -2.41. The van der Waals surface area contributed by atoms with Crippen molar-refractivity contribution in [1.29, 1.82) is 5.26 Å². The molecule has 7 heteroatoms. The molecular formula is C16H18N6O. The van der Waals surface area contributed by atoms with Crippen LogP contribution in [0.5, 0.6) is 0 Å². The van der Waals surface area contributed by atoms with Gasteiger partial charge in [-0.05, 0) is 37.5 Å². The largest absolute Gasteiger partial charge is 0.324 e. The highest BCUT2D eigenvalue weighted by Crippen LogP contribution is 2.22. The van der Waals surface area contributed by atoms with Crippen LogP contribution in [-0.4, -0.2) is 38.8 Å². The van der Waals surface area contributed by atoms with Gasteiger partial charge in [0.1, 0.15) is 11.9 Å². The van der Waals surface area contributed by atoms with Gasteiger partial charge >= 0.3 is 6.03 Å². The summed E-state index contributed by atoms with van der Waals surface area (Å²) in [5.74, 6) is 0.457. The number of aromatic nitrogens is 3. The molecule has 0 aromatic carbocycles. The number of carbonyl (C=O) groups excluding carboxylic acids is 1. The number of nitriles is 1. The topological polar surface area (TPSA) is 86.8 Å². The predicted molar refractivity (Wildman–Crippen MR) is 84.8 cm³/mol. The molecule has 3 rings (SSSR count). The summed E-state index contributed by atoms with van der Waals surface area (Å²) in [6, 6.07) is 5.46. The van der Waals surface area contributed by atoms with E-state index in [4.69, 9.17) is 5.26 Å². The van der Waals surface area contributed by atoms with Crippen molar-refractivity contribution in [2.45, 2.75) is 25.8 Å². The maximum Gasteiger partial charge on any atom is 0.323 e. The Morgan fingerprint density at radius 3 is 2.70 bits per heavy atom. The van der Waals surface area contributed by atoms with Crippen LogP contribution < -0.4 is 5.32 Å². The third-order valence-electron chi connectivity index (χ3n) is 3.98. The molecule has 0 saturated carbocycles. The number of anilines is 1. The molecule has 118 valence electrons. The molecule has 3 heterocycles. The van der Waals surface area contributed by atoms with Crippen LogP contribution in [-0.2, 0) is 0 Å². The molecule has 23 heavy (non-hydrogen) atoms. The quantitative estimate of drug-likeness (QED) is 0.922. The average molecular weight is 310 g/mol. The minimum Gasteiger partial charge on any atom is -0.324 e. The summed E-state index contributed by atoms with van der Waals surface area (Å²) in [6.45, 7) is 3.40. The Morgan fingerprint density at radius 2 is 2.13 bits per heavy atom. The number of likely N-dealkylation sites (tertiary alicyclic amines) is 1. The maximum atomic E-state index is 12.3. The molecule has 1 N–H and O–H groups in total. The van der Waals surface area contributed by atoms with Crippen LogP contribution in [0.2, 0.25) is 0 Å². The molecule has 0 bridgehead atoms. The molecule has 0 unspecified atom stereocenters. The first-order valence-corrected chi connectivity index (χ1v) is 7.58. The van der Waals surface area contributed by atoms with E-state index in [1.807, 2.05) is 30.1 Å². The number of nitrogens with zero attached hydrogens (tertiary/aromatic N) is 5. The van der Waals surface area contributed by atoms with E-state index in [9.17, 15) is 4.79 Å². The van der Waals surface area contributed by atoms with Crippen LogP contribution in [0.25, 0.3) is 0 Å². The highest BCUT2D eigenvalue weighted by atomic mass is 16.2. The first-order valence-electron chi connectivity index (χ1n) is 7.58. The molecule has 2 amide bonds. The molecule has 0 radical (unpaired) electrons. The minimum absolute atomic E-state index is 0.155. The van der Waals surface area contributed by atoms with Gasteiger partial charge in [-0.25, -0.2) is 9.78 Å². The molecule has 0 atom stereocenters. The van der Waals surface area contributed by atoms with Gasteiger partial charge in [0.15, 0.2) is 0 Å². The van der Waals surface area contributed by atoms with Gasteiger partial charge in [-0.1, -0.05) is 0 Å². The van der Waals surface area contributed by atoms with Gasteiger partial charge in [0, 0.05) is 25.5 Å². The van der Waals surface area contributed by atoms with Crippen LogP contribution in [0.1, 0.15) is 30.0 Å². The highest BCUT2D eigenvalue weighted by molar-refractivity contribution is 5.88. The second-order valence-electron chi connectivity index (χ2n) is 5.69. The first kappa shape index (κ1) is 15.0. The van der Waals surface area contributed by atoms with Crippen LogP contribution in [0.15, 0.2) is 30.7 Å². The summed E-state index contributed by atoms with van der Waals surface area (Å²) in [7, 11) is 0. The summed E-state index contributed by atoms with van der Waals surface area (Å²) in [4.78, 5) is 18.1. The van der Waals surface area contributed by atoms with E-state index in [0.717, 1.165) is 18.4 Å². The summed E-state index contributed by atoms with van der Waals surface area (Å²) in [5, 5.41) is 15.9. The smallest absolute Gasteiger partial charge is 0.323 e. The molecule has 0 spiro atoms. The summed E-state index contributed by atoms with van der Waals surface area (Å²) < 4.78 is 1.99. The summed E-state index contributed by atoms with van der Waals surface area (Å²) >= 11 is 0. The van der Waals surface area contributed by atoms with Gasteiger partial charge in [0.05, 0.1) is 17.8 Å². The lowest BCUT2D eigenvalue weighted by atomic mass is 10.1. The SMILES string of the molecule is Cc1cnn(C2CCN(C(=O)Nc3ccc(C#N)cn3)CC2)c1. The van der Waals surface area contributed by atoms with Crippen molar-refractivity contribution >= 4 is 11.8 Å². The Bertz CT molecular complexity index is 722. The van der Waals surface area contributed by atoms with E-state index in [0.29, 0.717) is 30.5 Å². The fraction of sp³-hybridized carbons (Fsp3) is 0.375. The minimum atomic E-state index is -0.155. The Morgan fingerprint density at radius 1 is 1.35 bits per heavy atom. The summed E-state index contributed by atoms with van der Waals surface area (Å²) in [6.07, 6.45) is 7.11. The normalized spacial score (nSPS) is 15.2. The molecule has 1 aliphatic heterocycles. The lowest BCUT2D eigenvalue weighted by molar-refractivity contribution is 0.180. The van der Waals surface area contributed by atoms with Crippen molar-refractivity contribution in [1.82, 2.24) is 19.7 Å². The number of piperidine rings is 1.